The SMILES string of the molecule is C=C/C=C(\C=C/C)N(C(/C=C\C)=C/C=C)c1ccc(-c2ccc3c(=O)c4cc(-c5ccc(N(c6ccccc6)c6ccccc6)cc5)ccc4sc3c2)cc1. The first-order valence-electron chi connectivity index (χ1n) is 18.4. The van der Waals surface area contributed by atoms with Crippen LogP contribution in [0, 0.1) is 0 Å². The van der Waals surface area contributed by atoms with Gasteiger partial charge >= 0.3 is 0 Å². The Morgan fingerprint density at radius 1 is 0.509 bits per heavy atom. The third kappa shape index (κ3) is 7.82. The second kappa shape index (κ2) is 16.9. The highest BCUT2D eigenvalue weighted by atomic mass is 32.1. The van der Waals surface area contributed by atoms with Crippen molar-refractivity contribution in [1.29, 1.82) is 0 Å². The van der Waals surface area contributed by atoms with Crippen molar-refractivity contribution in [2.45, 2.75) is 13.8 Å². The summed E-state index contributed by atoms with van der Waals surface area (Å²) in [5, 5.41) is 1.47. The third-order valence-electron chi connectivity index (χ3n) is 9.39. The van der Waals surface area contributed by atoms with Crippen LogP contribution < -0.4 is 15.2 Å². The smallest absolute Gasteiger partial charge is 0.195 e. The van der Waals surface area contributed by atoms with Crippen LogP contribution in [0.4, 0.5) is 22.7 Å². The molecule has 1 heterocycles. The summed E-state index contributed by atoms with van der Waals surface area (Å²) in [6.07, 6.45) is 15.8. The van der Waals surface area contributed by atoms with E-state index in [1.54, 1.807) is 23.5 Å². The number of anilines is 4. The van der Waals surface area contributed by atoms with Gasteiger partial charge in [0, 0.05) is 54.3 Å². The summed E-state index contributed by atoms with van der Waals surface area (Å²) in [7, 11) is 0. The lowest BCUT2D eigenvalue weighted by atomic mass is 10.0. The highest BCUT2D eigenvalue weighted by Crippen LogP contribution is 2.37. The van der Waals surface area contributed by atoms with E-state index in [9.17, 15) is 4.79 Å². The minimum atomic E-state index is 0.0510. The van der Waals surface area contributed by atoms with Crippen molar-refractivity contribution in [2.75, 3.05) is 9.80 Å². The number of nitrogens with zero attached hydrogens (tertiary/aromatic N) is 2. The lowest BCUT2D eigenvalue weighted by Crippen LogP contribution is -2.19. The standard InChI is InChI=1S/C51H42N2OS/c1-5-15-41(16-6-2)52(42(17-7-3)18-8-4)45-31-25-38(26-32-45)40-27-33-47-50(36-40)55-49-34-28-39(35-48(49)51(47)54)37-23-29-46(30-24-37)53(43-19-11-9-12-20-43)44-21-13-10-14-22-44/h5-36H,1,3H2,2,4H3/b16-6-,18-8-,41-15+,42-17+. The van der Waals surface area contributed by atoms with Crippen LogP contribution in [0.2, 0.25) is 0 Å². The Hall–Kier alpha value is -6.75. The van der Waals surface area contributed by atoms with Gasteiger partial charge in [-0.2, -0.15) is 0 Å². The number of fused-ring (bicyclic) bond motifs is 2. The van der Waals surface area contributed by atoms with Gasteiger partial charge in [0.15, 0.2) is 5.43 Å². The van der Waals surface area contributed by atoms with Crippen molar-refractivity contribution < 1.29 is 0 Å². The molecule has 268 valence electrons. The molecule has 0 bridgehead atoms. The Morgan fingerprint density at radius 3 is 1.51 bits per heavy atom. The molecule has 0 unspecified atom stereocenters. The van der Waals surface area contributed by atoms with Gasteiger partial charge in [-0.1, -0.05) is 110 Å². The fourth-order valence-electron chi connectivity index (χ4n) is 6.86. The number of para-hydroxylation sites is 2. The van der Waals surface area contributed by atoms with E-state index >= 15 is 0 Å². The molecule has 0 atom stereocenters. The van der Waals surface area contributed by atoms with Crippen LogP contribution >= 0.6 is 11.3 Å². The molecule has 1 aromatic heterocycles. The number of rotatable bonds is 12. The average molecular weight is 731 g/mol. The van der Waals surface area contributed by atoms with E-state index < -0.39 is 0 Å². The van der Waals surface area contributed by atoms with Gasteiger partial charge < -0.3 is 9.80 Å². The molecular weight excluding hydrogens is 689 g/mol. The van der Waals surface area contributed by atoms with Gasteiger partial charge in [0.05, 0.1) is 0 Å². The van der Waals surface area contributed by atoms with Crippen molar-refractivity contribution in [3.8, 4) is 22.3 Å². The minimum Gasteiger partial charge on any atom is -0.311 e. The first-order chi connectivity index (χ1) is 27.0. The summed E-state index contributed by atoms with van der Waals surface area (Å²) < 4.78 is 1.93. The number of hydrogen-bond donors (Lipinski definition) is 0. The molecule has 55 heavy (non-hydrogen) atoms. The highest BCUT2D eigenvalue weighted by Gasteiger charge is 2.16. The van der Waals surface area contributed by atoms with E-state index in [4.69, 9.17) is 0 Å². The van der Waals surface area contributed by atoms with Crippen LogP contribution in [0.3, 0.4) is 0 Å². The Balaban J connectivity index is 1.20. The van der Waals surface area contributed by atoms with E-state index in [0.29, 0.717) is 0 Å². The minimum absolute atomic E-state index is 0.0510. The summed E-state index contributed by atoms with van der Waals surface area (Å²) in [5.74, 6) is 0. The molecule has 0 aliphatic carbocycles. The number of benzene rings is 6. The zero-order chi connectivity index (χ0) is 38.1. The van der Waals surface area contributed by atoms with Crippen LogP contribution in [0.25, 0.3) is 42.4 Å². The maximum Gasteiger partial charge on any atom is 0.195 e. The van der Waals surface area contributed by atoms with E-state index in [2.05, 4.69) is 156 Å². The molecule has 4 heteroatoms. The van der Waals surface area contributed by atoms with E-state index in [0.717, 1.165) is 76.6 Å². The monoisotopic (exact) mass is 730 g/mol. The quantitative estimate of drug-likeness (QED) is 0.0924. The van der Waals surface area contributed by atoms with Crippen molar-refractivity contribution >= 4 is 54.3 Å². The molecular formula is C51H42N2OS. The Morgan fingerprint density at radius 2 is 0.982 bits per heavy atom. The molecule has 0 radical (unpaired) electrons. The van der Waals surface area contributed by atoms with Crippen LogP contribution in [0.15, 0.2) is 224 Å². The van der Waals surface area contributed by atoms with E-state index in [-0.39, 0.29) is 5.43 Å². The fraction of sp³-hybridized carbons (Fsp3) is 0.0392. The van der Waals surface area contributed by atoms with E-state index in [1.807, 2.05) is 62.4 Å². The predicted molar refractivity (Wildman–Crippen MR) is 240 cm³/mol. The zero-order valence-corrected chi connectivity index (χ0v) is 31.9. The highest BCUT2D eigenvalue weighted by molar-refractivity contribution is 7.24. The molecule has 0 amide bonds. The Labute approximate surface area is 327 Å². The Kier molecular flexibility index (Phi) is 11.3. The molecule has 0 saturated carbocycles. The predicted octanol–water partition coefficient (Wildman–Crippen LogP) is 14.3. The van der Waals surface area contributed by atoms with Gasteiger partial charge in [0.25, 0.3) is 0 Å². The lowest BCUT2D eigenvalue weighted by Gasteiger charge is -2.27. The normalized spacial score (nSPS) is 12.1. The van der Waals surface area contributed by atoms with Gasteiger partial charge in [0.1, 0.15) is 0 Å². The van der Waals surface area contributed by atoms with Gasteiger partial charge in [-0.05, 0) is 133 Å². The van der Waals surface area contributed by atoms with Gasteiger partial charge in [-0.3, -0.25) is 4.79 Å². The Bertz CT molecular complexity index is 2570. The number of hydrogen-bond acceptors (Lipinski definition) is 4. The van der Waals surface area contributed by atoms with Crippen LogP contribution in [-0.2, 0) is 0 Å². The summed E-state index contributed by atoms with van der Waals surface area (Å²) in [6.45, 7) is 11.9. The summed E-state index contributed by atoms with van der Waals surface area (Å²) in [5.41, 5.74) is 10.5. The largest absolute Gasteiger partial charge is 0.311 e. The van der Waals surface area contributed by atoms with Crippen molar-refractivity contribution in [3.05, 3.63) is 229 Å². The molecule has 7 rings (SSSR count). The van der Waals surface area contributed by atoms with Gasteiger partial charge in [-0.25, -0.2) is 0 Å². The second-order valence-corrected chi connectivity index (χ2v) is 14.0. The third-order valence-corrected chi connectivity index (χ3v) is 10.5. The molecule has 3 nitrogen and oxygen atoms in total. The second-order valence-electron chi connectivity index (χ2n) is 12.9. The maximum atomic E-state index is 14.0. The van der Waals surface area contributed by atoms with Crippen molar-refractivity contribution in [3.63, 3.8) is 0 Å². The number of allylic oxidation sites excluding steroid dienone is 8. The lowest BCUT2D eigenvalue weighted by molar-refractivity contribution is 1.14. The van der Waals surface area contributed by atoms with Crippen molar-refractivity contribution in [1.82, 2.24) is 0 Å². The summed E-state index contributed by atoms with van der Waals surface area (Å²) in [4.78, 5) is 18.4. The molecule has 7 aromatic rings. The van der Waals surface area contributed by atoms with E-state index in [1.165, 1.54) is 0 Å². The van der Waals surface area contributed by atoms with Crippen LogP contribution in [-0.4, -0.2) is 0 Å². The summed E-state index contributed by atoms with van der Waals surface area (Å²) >= 11 is 1.65. The maximum absolute atomic E-state index is 14.0. The van der Waals surface area contributed by atoms with Crippen LogP contribution in [0.1, 0.15) is 13.8 Å². The van der Waals surface area contributed by atoms with Crippen LogP contribution in [0.5, 0.6) is 0 Å². The van der Waals surface area contributed by atoms with Crippen molar-refractivity contribution in [2.24, 2.45) is 0 Å². The molecule has 0 saturated heterocycles. The molecule has 0 spiro atoms. The average Bonchev–Trinajstić information content (AvgIpc) is 3.22. The summed E-state index contributed by atoms with van der Waals surface area (Å²) in [6, 6.07) is 50.2. The van der Waals surface area contributed by atoms with Gasteiger partial charge in [-0.15, -0.1) is 11.3 Å². The fourth-order valence-corrected chi connectivity index (χ4v) is 7.95. The molecule has 0 aliphatic rings. The first-order valence-corrected chi connectivity index (χ1v) is 19.2. The first kappa shape index (κ1) is 36.6. The zero-order valence-electron chi connectivity index (χ0n) is 31.1. The molecule has 0 fully saturated rings. The molecule has 0 N–H and O–H groups in total. The molecule has 6 aromatic carbocycles. The topological polar surface area (TPSA) is 23.6 Å². The molecule has 0 aliphatic heterocycles. The van der Waals surface area contributed by atoms with Gasteiger partial charge in [0.2, 0.25) is 0 Å².